The molecule has 2 aromatic carbocycles. The molecule has 4 rings (SSSR count). The van der Waals surface area contributed by atoms with Gasteiger partial charge in [0.15, 0.2) is 22.7 Å². The van der Waals surface area contributed by atoms with Gasteiger partial charge in [-0.05, 0) is 0 Å². The van der Waals surface area contributed by atoms with Crippen molar-refractivity contribution in [2.75, 3.05) is 0 Å². The van der Waals surface area contributed by atoms with E-state index in [9.17, 15) is 28.8 Å². The highest BCUT2D eigenvalue weighted by molar-refractivity contribution is 6.22. The number of hydrogen-bond donors (Lipinski definition) is 0. The Kier molecular flexibility index (Phi) is 8.11. The lowest BCUT2D eigenvalue weighted by Gasteiger charge is -2.18. The Balaban J connectivity index is 2.18. The number of ether oxygens (including phenoxy) is 4. The summed E-state index contributed by atoms with van der Waals surface area (Å²) in [4.78, 5) is 77.1. The van der Waals surface area contributed by atoms with Crippen LogP contribution in [0.15, 0.2) is 30.6 Å². The van der Waals surface area contributed by atoms with Crippen molar-refractivity contribution in [3.63, 3.8) is 0 Å². The summed E-state index contributed by atoms with van der Waals surface area (Å²) in [6.45, 7) is 12.6. The maximum atomic E-state index is 13.4. The van der Waals surface area contributed by atoms with Crippen LogP contribution in [0, 0.1) is 23.7 Å². The van der Waals surface area contributed by atoms with Gasteiger partial charge in [0.05, 0.1) is 34.4 Å². The molecule has 42 heavy (non-hydrogen) atoms. The maximum Gasteiger partial charge on any atom is 0.344 e. The van der Waals surface area contributed by atoms with E-state index in [1.54, 1.807) is 55.4 Å². The Morgan fingerprint density at radius 2 is 0.810 bits per heavy atom. The number of hydrogen-bond acceptors (Lipinski definition) is 12. The highest BCUT2D eigenvalue weighted by atomic mass is 16.6. The van der Waals surface area contributed by atoms with Crippen LogP contribution in [0.5, 0.6) is 23.0 Å². The standard InChI is InChI=1S/C30H30O12/c1-11(2)25(31)37-17-9-15-19-20-16(30(36)41-23(19)21(17)39-27(33)13(5)6)10-18(38-26(32)12(3)4)22(24(20)42-29(15)35)40-28(34)14(7)8/h9-14H,1-8H3. The van der Waals surface area contributed by atoms with E-state index in [2.05, 4.69) is 0 Å². The van der Waals surface area contributed by atoms with E-state index in [4.69, 9.17) is 27.8 Å². The van der Waals surface area contributed by atoms with Gasteiger partial charge >= 0.3 is 35.1 Å². The predicted octanol–water partition coefficient (Wildman–Crippen LogP) is 4.74. The average Bonchev–Trinajstić information content (AvgIpc) is 2.90. The molecule has 0 unspecified atom stereocenters. The van der Waals surface area contributed by atoms with Crippen LogP contribution in [0.3, 0.4) is 0 Å². The Bertz CT molecular complexity index is 1720. The van der Waals surface area contributed by atoms with E-state index < -0.39 is 70.3 Å². The number of esters is 4. The van der Waals surface area contributed by atoms with E-state index in [0.29, 0.717) is 0 Å². The van der Waals surface area contributed by atoms with E-state index in [1.165, 1.54) is 0 Å². The van der Waals surface area contributed by atoms with Crippen molar-refractivity contribution in [3.05, 3.63) is 33.0 Å². The minimum Gasteiger partial charge on any atom is -0.422 e. The molecule has 0 amide bonds. The molecule has 0 atom stereocenters. The van der Waals surface area contributed by atoms with Gasteiger partial charge in [0.2, 0.25) is 11.5 Å². The van der Waals surface area contributed by atoms with Gasteiger partial charge in [-0.3, -0.25) is 19.2 Å². The summed E-state index contributed by atoms with van der Waals surface area (Å²) >= 11 is 0. The molecule has 12 nitrogen and oxygen atoms in total. The highest BCUT2D eigenvalue weighted by Crippen LogP contribution is 2.46. The minimum absolute atomic E-state index is 0.0321. The fourth-order valence-corrected chi connectivity index (χ4v) is 3.78. The summed E-state index contributed by atoms with van der Waals surface area (Å²) in [6, 6.07) is 2.28. The molecule has 0 saturated carbocycles. The third kappa shape index (κ3) is 5.44. The number of carbonyl (C=O) groups is 4. The second-order valence-corrected chi connectivity index (χ2v) is 11.0. The van der Waals surface area contributed by atoms with Crippen LogP contribution >= 0.6 is 0 Å². The zero-order valence-electron chi connectivity index (χ0n) is 24.4. The SMILES string of the molecule is CC(C)C(=O)Oc1cc2c(=O)oc3c(OC(=O)C(C)C)c(OC(=O)C(C)C)cc4c(=O)oc(c1OC(=O)C(C)C)c2c34. The van der Waals surface area contributed by atoms with Crippen molar-refractivity contribution >= 4 is 56.6 Å². The first-order chi connectivity index (χ1) is 19.6. The lowest BCUT2D eigenvalue weighted by atomic mass is 10.0. The lowest BCUT2D eigenvalue weighted by Crippen LogP contribution is -2.20. The first-order valence-electron chi connectivity index (χ1n) is 13.4. The van der Waals surface area contributed by atoms with E-state index in [1.807, 2.05) is 0 Å². The normalized spacial score (nSPS) is 11.8. The van der Waals surface area contributed by atoms with Gasteiger partial charge in [-0.1, -0.05) is 55.4 Å². The molecule has 0 aliphatic carbocycles. The van der Waals surface area contributed by atoms with Gasteiger partial charge in [0.1, 0.15) is 0 Å². The Labute approximate surface area is 238 Å². The fourth-order valence-electron chi connectivity index (χ4n) is 3.78. The molecule has 0 bridgehead atoms. The van der Waals surface area contributed by atoms with Crippen molar-refractivity contribution in [1.29, 1.82) is 0 Å². The summed E-state index contributed by atoms with van der Waals surface area (Å²) in [7, 11) is 0. The van der Waals surface area contributed by atoms with Crippen LogP contribution in [0.2, 0.25) is 0 Å². The van der Waals surface area contributed by atoms with E-state index in [-0.39, 0.29) is 44.2 Å². The van der Waals surface area contributed by atoms with E-state index >= 15 is 0 Å². The second-order valence-electron chi connectivity index (χ2n) is 11.0. The predicted molar refractivity (Wildman–Crippen MR) is 149 cm³/mol. The molecular weight excluding hydrogens is 552 g/mol. The molecule has 222 valence electrons. The smallest absolute Gasteiger partial charge is 0.344 e. The third-order valence-corrected chi connectivity index (χ3v) is 6.20. The molecule has 12 heteroatoms. The van der Waals surface area contributed by atoms with Gasteiger partial charge in [0, 0.05) is 22.9 Å². The zero-order valence-corrected chi connectivity index (χ0v) is 24.4. The molecule has 0 saturated heterocycles. The molecule has 2 heterocycles. The van der Waals surface area contributed by atoms with Crippen molar-refractivity contribution in [2.24, 2.45) is 23.7 Å². The lowest BCUT2D eigenvalue weighted by molar-refractivity contribution is -0.140. The topological polar surface area (TPSA) is 166 Å². The molecule has 0 N–H and O–H groups in total. The van der Waals surface area contributed by atoms with Crippen LogP contribution < -0.4 is 30.2 Å². The molecule has 0 aliphatic rings. The van der Waals surface area contributed by atoms with Gasteiger partial charge < -0.3 is 27.8 Å². The van der Waals surface area contributed by atoms with Crippen LogP contribution in [0.25, 0.3) is 32.7 Å². The van der Waals surface area contributed by atoms with Gasteiger partial charge in [-0.15, -0.1) is 0 Å². The van der Waals surface area contributed by atoms with Crippen LogP contribution in [-0.2, 0) is 19.2 Å². The fraction of sp³-hybridized carbons (Fsp3) is 0.400. The summed E-state index contributed by atoms with van der Waals surface area (Å²) in [5, 5.41) is -0.434. The maximum absolute atomic E-state index is 13.4. The molecule has 0 spiro atoms. The van der Waals surface area contributed by atoms with Crippen LogP contribution in [0.4, 0.5) is 0 Å². The van der Waals surface area contributed by atoms with Crippen molar-refractivity contribution < 1.29 is 47.0 Å². The Morgan fingerprint density at radius 1 is 0.524 bits per heavy atom. The van der Waals surface area contributed by atoms with Gasteiger partial charge in [-0.2, -0.15) is 0 Å². The molecule has 2 aromatic heterocycles. The highest BCUT2D eigenvalue weighted by Gasteiger charge is 2.31. The monoisotopic (exact) mass is 582 g/mol. The summed E-state index contributed by atoms with van der Waals surface area (Å²) in [6.07, 6.45) is 0. The molecule has 4 aromatic rings. The molecule has 0 aliphatic heterocycles. The first kappa shape index (κ1) is 30.2. The van der Waals surface area contributed by atoms with Crippen LogP contribution in [0.1, 0.15) is 55.4 Å². The van der Waals surface area contributed by atoms with Gasteiger partial charge in [-0.25, -0.2) is 9.59 Å². The molecule has 0 radical (unpaired) electrons. The van der Waals surface area contributed by atoms with Crippen molar-refractivity contribution in [3.8, 4) is 23.0 Å². The van der Waals surface area contributed by atoms with Crippen molar-refractivity contribution in [1.82, 2.24) is 0 Å². The molecular formula is C30H30O12. The van der Waals surface area contributed by atoms with E-state index in [0.717, 1.165) is 12.1 Å². The quantitative estimate of drug-likeness (QED) is 0.121. The van der Waals surface area contributed by atoms with Gasteiger partial charge in [0.25, 0.3) is 0 Å². The summed E-state index contributed by atoms with van der Waals surface area (Å²) in [5.41, 5.74) is -2.76. The number of benzene rings is 2. The van der Waals surface area contributed by atoms with Crippen molar-refractivity contribution in [2.45, 2.75) is 55.4 Å². The molecule has 0 fully saturated rings. The second kappa shape index (κ2) is 11.3. The zero-order chi connectivity index (χ0) is 31.2. The Morgan fingerprint density at radius 3 is 1.10 bits per heavy atom. The summed E-state index contributed by atoms with van der Waals surface area (Å²) < 4.78 is 33.1. The minimum atomic E-state index is -1.000. The first-order valence-corrected chi connectivity index (χ1v) is 13.4. The third-order valence-electron chi connectivity index (χ3n) is 6.20. The number of rotatable bonds is 8. The summed E-state index contributed by atoms with van der Waals surface area (Å²) in [5.74, 6) is -6.86. The largest absolute Gasteiger partial charge is 0.422 e. The average molecular weight is 583 g/mol. The Hall–Kier alpha value is -4.74. The number of carbonyl (C=O) groups excluding carboxylic acids is 4. The van der Waals surface area contributed by atoms with Crippen LogP contribution in [-0.4, -0.2) is 23.9 Å².